The monoisotopic (exact) mass is 464 g/mol. The second kappa shape index (κ2) is 10.4. The van der Waals surface area contributed by atoms with Gasteiger partial charge in [0, 0.05) is 25.8 Å². The molecule has 0 aliphatic carbocycles. The van der Waals surface area contributed by atoms with E-state index >= 15 is 0 Å². The molecule has 0 aliphatic rings. The summed E-state index contributed by atoms with van der Waals surface area (Å²) in [6.07, 6.45) is 0.666. The second-order valence-electron chi connectivity index (χ2n) is 9.81. The normalized spacial score (nSPS) is 12.6. The quantitative estimate of drug-likeness (QED) is 0.504. The van der Waals surface area contributed by atoms with Crippen molar-refractivity contribution >= 4 is 16.9 Å². The van der Waals surface area contributed by atoms with Gasteiger partial charge in [-0.25, -0.2) is 9.78 Å². The van der Waals surface area contributed by atoms with E-state index in [1.54, 1.807) is 22.6 Å². The van der Waals surface area contributed by atoms with Crippen LogP contribution >= 0.6 is 0 Å². The Hall–Kier alpha value is -3.19. The number of ether oxygens (including phenoxy) is 1. The molecule has 0 aliphatic heterocycles. The van der Waals surface area contributed by atoms with E-state index in [1.165, 1.54) is 0 Å². The van der Waals surface area contributed by atoms with Crippen LogP contribution in [0, 0.1) is 13.8 Å². The van der Waals surface area contributed by atoms with Gasteiger partial charge in [0.15, 0.2) is 0 Å². The standard InChI is InChI=1S/C27H36N4O3/c1-18-13-14-23(19(2)17-18)31-24(28-22-12-9-8-11-21(22)25(31)32)20(3)30(15-10-16-34-7)26(33)29-27(4,5)6/h8-9,11-14,17,20H,10,15-16H2,1-7H3,(H,29,33). The number of carbonyl (C=O) groups is 1. The van der Waals surface area contributed by atoms with Gasteiger partial charge in [0.1, 0.15) is 5.82 Å². The number of nitrogens with zero attached hydrogens (tertiary/aromatic N) is 3. The molecule has 0 saturated carbocycles. The molecule has 1 aromatic heterocycles. The zero-order valence-corrected chi connectivity index (χ0v) is 21.3. The molecule has 3 aromatic rings. The minimum absolute atomic E-state index is 0.146. The molecule has 2 aromatic carbocycles. The summed E-state index contributed by atoms with van der Waals surface area (Å²) in [4.78, 5) is 33.7. The summed E-state index contributed by atoms with van der Waals surface area (Å²) >= 11 is 0. The van der Waals surface area contributed by atoms with E-state index in [9.17, 15) is 9.59 Å². The van der Waals surface area contributed by atoms with Crippen molar-refractivity contribution in [3.8, 4) is 5.69 Å². The summed E-state index contributed by atoms with van der Waals surface area (Å²) < 4.78 is 6.89. The first-order valence-electron chi connectivity index (χ1n) is 11.7. The number of methoxy groups -OCH3 is 1. The number of hydrogen-bond acceptors (Lipinski definition) is 4. The summed E-state index contributed by atoms with van der Waals surface area (Å²) in [6, 6.07) is 12.7. The molecular formula is C27H36N4O3. The van der Waals surface area contributed by atoms with Gasteiger partial charge in [0.05, 0.1) is 22.6 Å². The number of nitrogens with one attached hydrogen (secondary N) is 1. The van der Waals surface area contributed by atoms with Crippen molar-refractivity contribution in [1.82, 2.24) is 19.8 Å². The van der Waals surface area contributed by atoms with E-state index in [-0.39, 0.29) is 11.6 Å². The molecule has 1 heterocycles. The summed E-state index contributed by atoms with van der Waals surface area (Å²) in [5.74, 6) is 0.525. The third kappa shape index (κ3) is 5.65. The van der Waals surface area contributed by atoms with Crippen molar-refractivity contribution in [2.75, 3.05) is 20.3 Å². The first-order valence-corrected chi connectivity index (χ1v) is 11.7. The maximum absolute atomic E-state index is 13.8. The molecule has 182 valence electrons. The van der Waals surface area contributed by atoms with Gasteiger partial charge >= 0.3 is 6.03 Å². The van der Waals surface area contributed by atoms with Crippen molar-refractivity contribution in [3.63, 3.8) is 0 Å². The molecule has 3 rings (SSSR count). The number of urea groups is 1. The Bertz CT molecular complexity index is 1230. The Kier molecular flexibility index (Phi) is 7.77. The molecule has 1 atom stereocenters. The highest BCUT2D eigenvalue weighted by Gasteiger charge is 2.29. The lowest BCUT2D eigenvalue weighted by Gasteiger charge is -2.33. The van der Waals surface area contributed by atoms with E-state index < -0.39 is 11.6 Å². The summed E-state index contributed by atoms with van der Waals surface area (Å²) in [7, 11) is 1.64. The van der Waals surface area contributed by atoms with Crippen LogP contribution in [0.25, 0.3) is 16.6 Å². The van der Waals surface area contributed by atoms with Gasteiger partial charge in [-0.05, 0) is 71.7 Å². The Morgan fingerprint density at radius 2 is 1.88 bits per heavy atom. The van der Waals surface area contributed by atoms with Crippen LogP contribution in [0.5, 0.6) is 0 Å². The van der Waals surface area contributed by atoms with Gasteiger partial charge in [0.25, 0.3) is 5.56 Å². The third-order valence-corrected chi connectivity index (χ3v) is 5.73. The third-order valence-electron chi connectivity index (χ3n) is 5.73. The van der Waals surface area contributed by atoms with Crippen LogP contribution in [0.3, 0.4) is 0 Å². The SMILES string of the molecule is COCCCN(C(=O)NC(C)(C)C)C(C)c1nc2ccccc2c(=O)n1-c1ccc(C)cc1C. The van der Waals surface area contributed by atoms with Gasteiger partial charge in [-0.3, -0.25) is 9.36 Å². The number of rotatable bonds is 7. The van der Waals surface area contributed by atoms with Crippen molar-refractivity contribution in [2.24, 2.45) is 0 Å². The van der Waals surface area contributed by atoms with E-state index in [0.29, 0.717) is 36.3 Å². The number of para-hydroxylation sites is 1. The Morgan fingerprint density at radius 3 is 2.53 bits per heavy atom. The predicted octanol–water partition coefficient (Wildman–Crippen LogP) is 4.91. The lowest BCUT2D eigenvalue weighted by Crippen LogP contribution is -2.50. The highest BCUT2D eigenvalue weighted by Crippen LogP contribution is 2.25. The number of amides is 2. The van der Waals surface area contributed by atoms with Gasteiger partial charge in [-0.15, -0.1) is 0 Å². The number of hydrogen-bond donors (Lipinski definition) is 1. The molecule has 0 saturated heterocycles. The Balaban J connectivity index is 2.21. The first kappa shape index (κ1) is 25.4. The van der Waals surface area contributed by atoms with Crippen LogP contribution in [-0.4, -0.2) is 46.3 Å². The zero-order chi connectivity index (χ0) is 25.0. The minimum atomic E-state index is -0.461. The molecule has 0 fully saturated rings. The number of carbonyl (C=O) groups excluding carboxylic acids is 1. The maximum Gasteiger partial charge on any atom is 0.318 e. The lowest BCUT2D eigenvalue weighted by atomic mass is 10.1. The Morgan fingerprint density at radius 1 is 1.18 bits per heavy atom. The van der Waals surface area contributed by atoms with E-state index in [0.717, 1.165) is 16.8 Å². The summed E-state index contributed by atoms with van der Waals surface area (Å²) in [6.45, 7) is 12.8. The van der Waals surface area contributed by atoms with Crippen LogP contribution in [-0.2, 0) is 4.74 Å². The minimum Gasteiger partial charge on any atom is -0.385 e. The predicted molar refractivity (Wildman–Crippen MR) is 137 cm³/mol. The summed E-state index contributed by atoms with van der Waals surface area (Å²) in [5.41, 5.74) is 2.92. The number of fused-ring (bicyclic) bond motifs is 1. The van der Waals surface area contributed by atoms with Crippen LogP contribution in [0.4, 0.5) is 4.79 Å². The molecule has 1 unspecified atom stereocenters. The smallest absolute Gasteiger partial charge is 0.318 e. The molecule has 0 spiro atoms. The highest BCUT2D eigenvalue weighted by molar-refractivity contribution is 5.78. The average Bonchev–Trinajstić information content (AvgIpc) is 2.76. The van der Waals surface area contributed by atoms with Crippen LogP contribution < -0.4 is 10.9 Å². The average molecular weight is 465 g/mol. The fourth-order valence-corrected chi connectivity index (χ4v) is 4.10. The number of benzene rings is 2. The van der Waals surface area contributed by atoms with E-state index in [2.05, 4.69) is 5.32 Å². The topological polar surface area (TPSA) is 76.5 Å². The summed E-state index contributed by atoms with van der Waals surface area (Å²) in [5, 5.41) is 3.60. The fourth-order valence-electron chi connectivity index (χ4n) is 4.10. The van der Waals surface area contributed by atoms with Crippen molar-refractivity contribution < 1.29 is 9.53 Å². The highest BCUT2D eigenvalue weighted by atomic mass is 16.5. The zero-order valence-electron chi connectivity index (χ0n) is 21.3. The van der Waals surface area contributed by atoms with Crippen LogP contribution in [0.15, 0.2) is 47.3 Å². The largest absolute Gasteiger partial charge is 0.385 e. The van der Waals surface area contributed by atoms with E-state index in [4.69, 9.17) is 9.72 Å². The molecule has 7 nitrogen and oxygen atoms in total. The van der Waals surface area contributed by atoms with Gasteiger partial charge in [-0.2, -0.15) is 0 Å². The van der Waals surface area contributed by atoms with Crippen molar-refractivity contribution in [2.45, 2.75) is 59.5 Å². The maximum atomic E-state index is 13.8. The number of aromatic nitrogens is 2. The Labute approximate surface area is 201 Å². The molecule has 0 radical (unpaired) electrons. The molecule has 34 heavy (non-hydrogen) atoms. The van der Waals surface area contributed by atoms with Gasteiger partial charge < -0.3 is 15.0 Å². The molecule has 7 heteroatoms. The molecule has 2 amide bonds. The molecular weight excluding hydrogens is 428 g/mol. The number of aryl methyl sites for hydroxylation is 2. The van der Waals surface area contributed by atoms with Gasteiger partial charge in [-0.1, -0.05) is 29.8 Å². The van der Waals surface area contributed by atoms with Crippen LogP contribution in [0.1, 0.15) is 57.1 Å². The van der Waals surface area contributed by atoms with Crippen molar-refractivity contribution in [1.29, 1.82) is 0 Å². The lowest BCUT2D eigenvalue weighted by molar-refractivity contribution is 0.146. The van der Waals surface area contributed by atoms with E-state index in [1.807, 2.05) is 77.9 Å². The first-order chi connectivity index (χ1) is 16.0. The molecule has 1 N–H and O–H groups in total. The molecule has 0 bridgehead atoms. The van der Waals surface area contributed by atoms with Crippen molar-refractivity contribution in [3.05, 3.63) is 69.8 Å². The van der Waals surface area contributed by atoms with Crippen LogP contribution in [0.2, 0.25) is 0 Å². The second-order valence-corrected chi connectivity index (χ2v) is 9.81. The fraction of sp³-hybridized carbons (Fsp3) is 0.444. The van der Waals surface area contributed by atoms with Gasteiger partial charge in [0.2, 0.25) is 0 Å².